The zero-order valence-corrected chi connectivity index (χ0v) is 35.2. The second kappa shape index (κ2) is 18.9. The highest BCUT2D eigenvalue weighted by atomic mass is 19.1. The number of amides is 2. The number of hydrogen-bond acceptors (Lipinski definition) is 9. The molecular weight excluding hydrogens is 813 g/mol. The van der Waals surface area contributed by atoms with Crippen LogP contribution in [0.25, 0.3) is 44.3 Å². The Labute approximate surface area is 368 Å². The molecule has 0 saturated carbocycles. The Kier molecular flexibility index (Phi) is 12.3. The summed E-state index contributed by atoms with van der Waals surface area (Å²) in [5.41, 5.74) is 9.61. The maximum atomic E-state index is 13.5. The quantitative estimate of drug-likeness (QED) is 0.102. The van der Waals surface area contributed by atoms with Gasteiger partial charge in [0.05, 0.1) is 35.7 Å². The molecule has 2 aliphatic heterocycles. The summed E-state index contributed by atoms with van der Waals surface area (Å²) in [5, 5.41) is 11.5. The van der Waals surface area contributed by atoms with Crippen molar-refractivity contribution in [1.82, 2.24) is 44.9 Å². The predicted molar refractivity (Wildman–Crippen MR) is 247 cm³/mol. The molecular formula is C49H47F2N11O2. The lowest BCUT2D eigenvalue weighted by atomic mass is 10.1. The van der Waals surface area contributed by atoms with Crippen LogP contribution in [0.1, 0.15) is 27.3 Å². The van der Waals surface area contributed by atoms with Crippen molar-refractivity contribution in [2.24, 2.45) is 0 Å². The highest BCUT2D eigenvalue weighted by molar-refractivity contribution is 5.95. The fourth-order valence-corrected chi connectivity index (χ4v) is 7.92. The number of H-pyrrole nitrogens is 2. The minimum absolute atomic E-state index is 0.0491. The van der Waals surface area contributed by atoms with Crippen LogP contribution in [0.2, 0.25) is 0 Å². The number of benzene rings is 3. The summed E-state index contributed by atoms with van der Waals surface area (Å²) < 4.78 is 27.0. The van der Waals surface area contributed by atoms with Gasteiger partial charge in [0.25, 0.3) is 11.8 Å². The van der Waals surface area contributed by atoms with E-state index in [1.54, 1.807) is 49.2 Å². The van der Waals surface area contributed by atoms with E-state index in [-0.39, 0.29) is 23.4 Å². The normalized spacial score (nSPS) is 14.5. The molecule has 0 atom stereocenters. The van der Waals surface area contributed by atoms with Crippen LogP contribution in [0.4, 0.5) is 31.5 Å². The number of fused-ring (bicyclic) bond motifs is 2. The maximum Gasteiger partial charge on any atom is 0.272 e. The first kappa shape index (κ1) is 41.8. The van der Waals surface area contributed by atoms with Crippen LogP contribution < -0.4 is 16.0 Å². The largest absolute Gasteiger partial charge is 0.354 e. The Balaban J connectivity index is 0.000000162. The number of carbonyl (C=O) groups is 2. The fraction of sp³-hybridized carbons (Fsp3) is 0.204. The SMILES string of the molecule is CN1CCCN(C(=O)c2ccc(Nc3cncc(-c4cc5cc(F)ccc5[nH]4)c3)cc2)CC1.O=C(c1ccc(Nc2cncc(-c3cc4cc(F)ccc4[nH]3)c2)cn1)N1CCNCC1. The molecule has 0 radical (unpaired) electrons. The molecule has 0 spiro atoms. The van der Waals surface area contributed by atoms with E-state index in [1.807, 2.05) is 64.4 Å². The second-order valence-electron chi connectivity index (χ2n) is 16.0. The van der Waals surface area contributed by atoms with Crippen molar-refractivity contribution in [3.8, 4) is 22.5 Å². The molecule has 2 amide bonds. The lowest BCUT2D eigenvalue weighted by Gasteiger charge is -2.27. The number of aromatic nitrogens is 5. The third-order valence-electron chi connectivity index (χ3n) is 11.4. The van der Waals surface area contributed by atoms with E-state index in [9.17, 15) is 18.4 Å². The zero-order valence-electron chi connectivity index (χ0n) is 35.2. The maximum absolute atomic E-state index is 13.5. The number of carbonyl (C=O) groups excluding carboxylic acids is 2. The highest BCUT2D eigenvalue weighted by Gasteiger charge is 2.20. The smallest absolute Gasteiger partial charge is 0.272 e. The van der Waals surface area contributed by atoms with Gasteiger partial charge in [0.2, 0.25) is 0 Å². The molecule has 8 aromatic rings. The van der Waals surface area contributed by atoms with Gasteiger partial charge in [-0.25, -0.2) is 13.8 Å². The Morgan fingerprint density at radius 1 is 0.562 bits per heavy atom. The third-order valence-corrected chi connectivity index (χ3v) is 11.4. The molecule has 13 nitrogen and oxygen atoms in total. The minimum Gasteiger partial charge on any atom is -0.354 e. The van der Waals surface area contributed by atoms with Crippen molar-refractivity contribution in [3.63, 3.8) is 0 Å². The molecule has 0 unspecified atom stereocenters. The summed E-state index contributed by atoms with van der Waals surface area (Å²) in [6, 6.07) is 28.2. The standard InChI is InChI=1S/C26H26FN5O.C23H21FN6O/c1-31-9-2-10-32(12-11-31)26(33)18-3-6-22(7-4-18)29-23-14-20(16-28-17-23)25-15-19-13-21(27)5-8-24(19)30-25;24-17-1-3-20-15(9-17)11-22(29-20)16-10-19(13-26-12-16)28-18-2-4-21(27-14-18)23(31)30-7-5-25-6-8-30/h3-8,13-17,29-30H,2,9-12H2,1H3;1-4,9-14,25,28-29H,5-8H2. The molecule has 3 aromatic carbocycles. The van der Waals surface area contributed by atoms with Gasteiger partial charge in [-0.05, 0) is 117 Å². The Bertz CT molecular complexity index is 2910. The predicted octanol–water partition coefficient (Wildman–Crippen LogP) is 8.44. The fourth-order valence-electron chi connectivity index (χ4n) is 7.92. The van der Waals surface area contributed by atoms with E-state index in [1.165, 1.54) is 24.3 Å². The monoisotopic (exact) mass is 859 g/mol. The summed E-state index contributed by atoms with van der Waals surface area (Å²) in [5.74, 6) is -0.493. The van der Waals surface area contributed by atoms with Gasteiger partial charge in [-0.2, -0.15) is 0 Å². The molecule has 10 rings (SSSR count). The van der Waals surface area contributed by atoms with Gasteiger partial charge in [-0.3, -0.25) is 19.6 Å². The molecule has 0 bridgehead atoms. The summed E-state index contributed by atoms with van der Waals surface area (Å²) >= 11 is 0. The van der Waals surface area contributed by atoms with Crippen molar-refractivity contribution in [3.05, 3.63) is 151 Å². The number of nitrogens with one attached hydrogen (secondary N) is 5. The Morgan fingerprint density at radius 2 is 1.14 bits per heavy atom. The van der Waals surface area contributed by atoms with Gasteiger partial charge in [0, 0.05) is 114 Å². The summed E-state index contributed by atoms with van der Waals surface area (Å²) in [6.45, 7) is 6.48. The van der Waals surface area contributed by atoms with Gasteiger partial charge in [0.15, 0.2) is 0 Å². The first-order chi connectivity index (χ1) is 31.2. The molecule has 5 N–H and O–H groups in total. The van der Waals surface area contributed by atoms with Gasteiger partial charge in [-0.15, -0.1) is 0 Å². The summed E-state index contributed by atoms with van der Waals surface area (Å²) in [7, 11) is 2.09. The van der Waals surface area contributed by atoms with Crippen LogP contribution in [-0.4, -0.2) is 111 Å². The third kappa shape index (κ3) is 9.91. The lowest BCUT2D eigenvalue weighted by Crippen LogP contribution is -2.46. The second-order valence-corrected chi connectivity index (χ2v) is 16.0. The van der Waals surface area contributed by atoms with Gasteiger partial charge < -0.3 is 40.6 Å². The number of hydrogen-bond donors (Lipinski definition) is 5. The number of halogens is 2. The average molecular weight is 860 g/mol. The van der Waals surface area contributed by atoms with Crippen LogP contribution in [0, 0.1) is 11.6 Å². The van der Waals surface area contributed by atoms with Crippen molar-refractivity contribution < 1.29 is 18.4 Å². The zero-order chi connectivity index (χ0) is 44.0. The molecule has 7 heterocycles. The number of pyridine rings is 3. The van der Waals surface area contributed by atoms with E-state index >= 15 is 0 Å². The number of piperazine rings is 1. The van der Waals surface area contributed by atoms with E-state index < -0.39 is 0 Å². The van der Waals surface area contributed by atoms with Crippen molar-refractivity contribution >= 4 is 56.4 Å². The summed E-state index contributed by atoms with van der Waals surface area (Å²) in [6.07, 6.45) is 9.63. The molecule has 0 aliphatic carbocycles. The molecule has 2 aliphatic rings. The van der Waals surface area contributed by atoms with Gasteiger partial charge in [0.1, 0.15) is 17.3 Å². The lowest BCUT2D eigenvalue weighted by molar-refractivity contribution is 0.0728. The minimum atomic E-state index is -0.266. The summed E-state index contributed by atoms with van der Waals surface area (Å²) in [4.78, 5) is 51.0. The average Bonchev–Trinajstić information content (AvgIpc) is 3.88. The Hall–Kier alpha value is -7.49. The van der Waals surface area contributed by atoms with Gasteiger partial charge >= 0.3 is 0 Å². The van der Waals surface area contributed by atoms with E-state index in [2.05, 4.69) is 52.8 Å². The molecule has 15 heteroatoms. The van der Waals surface area contributed by atoms with E-state index in [4.69, 9.17) is 0 Å². The van der Waals surface area contributed by atoms with Crippen LogP contribution in [-0.2, 0) is 0 Å². The first-order valence-corrected chi connectivity index (χ1v) is 21.3. The van der Waals surface area contributed by atoms with Crippen LogP contribution in [0.5, 0.6) is 0 Å². The van der Waals surface area contributed by atoms with Crippen LogP contribution in [0.3, 0.4) is 0 Å². The Morgan fingerprint density at radius 3 is 1.73 bits per heavy atom. The number of nitrogens with zero attached hydrogens (tertiary/aromatic N) is 6. The van der Waals surface area contributed by atoms with Crippen LogP contribution >= 0.6 is 0 Å². The molecule has 2 saturated heterocycles. The number of anilines is 4. The van der Waals surface area contributed by atoms with Crippen molar-refractivity contribution in [2.75, 3.05) is 70.0 Å². The molecule has 324 valence electrons. The van der Waals surface area contributed by atoms with Crippen LogP contribution in [0.15, 0.2) is 128 Å². The number of aromatic amines is 2. The molecule has 2 fully saturated rings. The van der Waals surface area contributed by atoms with E-state index in [0.29, 0.717) is 24.3 Å². The van der Waals surface area contributed by atoms with Gasteiger partial charge in [-0.1, -0.05) is 0 Å². The number of rotatable bonds is 8. The highest BCUT2D eigenvalue weighted by Crippen LogP contribution is 2.29. The first-order valence-electron chi connectivity index (χ1n) is 21.3. The molecule has 5 aromatic heterocycles. The number of likely N-dealkylation sites (N-methyl/N-ethyl adjacent to an activating group) is 1. The van der Waals surface area contributed by atoms with E-state index in [0.717, 1.165) is 113 Å². The topological polar surface area (TPSA) is 150 Å². The molecule has 64 heavy (non-hydrogen) atoms. The van der Waals surface area contributed by atoms with Crippen molar-refractivity contribution in [1.29, 1.82) is 0 Å². The van der Waals surface area contributed by atoms with Crippen molar-refractivity contribution in [2.45, 2.75) is 6.42 Å².